The number of benzene rings is 1. The molecule has 84 valence electrons. The molecule has 0 N–H and O–H groups in total. The van der Waals surface area contributed by atoms with Crippen molar-refractivity contribution in [2.75, 3.05) is 7.11 Å². The first-order valence-corrected chi connectivity index (χ1v) is 5.70. The topological polar surface area (TPSA) is 48.2 Å². The molecule has 0 aliphatic carbocycles. The molecular formula is C11H11BrN2O2. The van der Waals surface area contributed by atoms with Gasteiger partial charge in [-0.15, -0.1) is 10.2 Å². The molecule has 0 bridgehead atoms. The number of aromatic nitrogens is 2. The second kappa shape index (κ2) is 4.65. The summed E-state index contributed by atoms with van der Waals surface area (Å²) in [7, 11) is 1.61. The third-order valence-electron chi connectivity index (χ3n) is 2.16. The number of rotatable bonds is 3. The largest absolute Gasteiger partial charge is 0.496 e. The first-order chi connectivity index (χ1) is 7.74. The summed E-state index contributed by atoms with van der Waals surface area (Å²) in [5, 5.41) is 7.92. The Balaban J connectivity index is 2.49. The third kappa shape index (κ3) is 2.09. The maximum atomic E-state index is 5.49. The number of hydrogen-bond acceptors (Lipinski definition) is 4. The fourth-order valence-electron chi connectivity index (χ4n) is 1.35. The van der Waals surface area contributed by atoms with Gasteiger partial charge in [0.25, 0.3) is 5.89 Å². The SMILES string of the molecule is CCc1nnc(-c2cc(Br)ccc2OC)o1. The zero-order chi connectivity index (χ0) is 11.5. The summed E-state index contributed by atoms with van der Waals surface area (Å²) in [5.74, 6) is 1.82. The van der Waals surface area contributed by atoms with Crippen LogP contribution in [0.5, 0.6) is 5.75 Å². The standard InChI is InChI=1S/C11H11BrN2O2/c1-3-10-13-14-11(16-10)8-6-7(12)4-5-9(8)15-2/h4-6H,3H2,1-2H3. The van der Waals surface area contributed by atoms with Crippen molar-refractivity contribution in [2.45, 2.75) is 13.3 Å². The molecule has 0 saturated heterocycles. The number of methoxy groups -OCH3 is 1. The average molecular weight is 283 g/mol. The lowest BCUT2D eigenvalue weighted by Crippen LogP contribution is -1.88. The van der Waals surface area contributed by atoms with E-state index in [1.165, 1.54) is 0 Å². The summed E-state index contributed by atoms with van der Waals surface area (Å²) in [4.78, 5) is 0. The van der Waals surface area contributed by atoms with Crippen LogP contribution in [0.3, 0.4) is 0 Å². The van der Waals surface area contributed by atoms with Crippen LogP contribution in [0.1, 0.15) is 12.8 Å². The summed E-state index contributed by atoms with van der Waals surface area (Å²) in [6.07, 6.45) is 0.726. The van der Waals surface area contributed by atoms with Gasteiger partial charge >= 0.3 is 0 Å². The Kier molecular flexibility index (Phi) is 3.24. The van der Waals surface area contributed by atoms with Crippen LogP contribution >= 0.6 is 15.9 Å². The fourth-order valence-corrected chi connectivity index (χ4v) is 1.71. The van der Waals surface area contributed by atoms with Gasteiger partial charge < -0.3 is 9.15 Å². The smallest absolute Gasteiger partial charge is 0.251 e. The number of hydrogen-bond donors (Lipinski definition) is 0. The lowest BCUT2D eigenvalue weighted by molar-refractivity contribution is 0.413. The van der Waals surface area contributed by atoms with E-state index in [9.17, 15) is 0 Å². The molecular weight excluding hydrogens is 272 g/mol. The molecule has 5 heteroatoms. The number of nitrogens with zero attached hydrogens (tertiary/aromatic N) is 2. The molecule has 1 aromatic carbocycles. The minimum Gasteiger partial charge on any atom is -0.496 e. The Morgan fingerprint density at radius 3 is 2.81 bits per heavy atom. The normalized spacial score (nSPS) is 10.4. The first-order valence-electron chi connectivity index (χ1n) is 4.91. The molecule has 1 heterocycles. The van der Waals surface area contributed by atoms with E-state index in [-0.39, 0.29) is 0 Å². The van der Waals surface area contributed by atoms with Gasteiger partial charge in [-0.05, 0) is 18.2 Å². The third-order valence-corrected chi connectivity index (χ3v) is 2.65. The summed E-state index contributed by atoms with van der Waals surface area (Å²) in [6, 6.07) is 5.65. The number of aryl methyl sites for hydroxylation is 1. The highest BCUT2D eigenvalue weighted by Crippen LogP contribution is 2.31. The molecule has 0 unspecified atom stereocenters. The van der Waals surface area contributed by atoms with Crippen LogP contribution < -0.4 is 4.74 Å². The van der Waals surface area contributed by atoms with Crippen LogP contribution in [0.2, 0.25) is 0 Å². The molecule has 16 heavy (non-hydrogen) atoms. The predicted molar refractivity (Wildman–Crippen MR) is 63.4 cm³/mol. The molecule has 1 aromatic heterocycles. The maximum absolute atomic E-state index is 5.49. The van der Waals surface area contributed by atoms with Crippen LogP contribution in [0.4, 0.5) is 0 Å². The van der Waals surface area contributed by atoms with Crippen molar-refractivity contribution in [1.29, 1.82) is 0 Å². The predicted octanol–water partition coefficient (Wildman–Crippen LogP) is 3.07. The Hall–Kier alpha value is -1.36. The highest BCUT2D eigenvalue weighted by atomic mass is 79.9. The van der Waals surface area contributed by atoms with Gasteiger partial charge in [-0.2, -0.15) is 0 Å². The summed E-state index contributed by atoms with van der Waals surface area (Å²) in [5.41, 5.74) is 0.795. The minimum absolute atomic E-state index is 0.481. The maximum Gasteiger partial charge on any atom is 0.251 e. The Bertz CT molecular complexity index is 496. The van der Waals surface area contributed by atoms with Crippen molar-refractivity contribution in [1.82, 2.24) is 10.2 Å². The molecule has 0 amide bonds. The molecule has 0 saturated carbocycles. The molecule has 0 fully saturated rings. The van der Waals surface area contributed by atoms with Crippen molar-refractivity contribution in [3.8, 4) is 17.2 Å². The highest BCUT2D eigenvalue weighted by Gasteiger charge is 2.13. The monoisotopic (exact) mass is 282 g/mol. The molecule has 0 radical (unpaired) electrons. The van der Waals surface area contributed by atoms with E-state index >= 15 is 0 Å². The van der Waals surface area contributed by atoms with Crippen molar-refractivity contribution < 1.29 is 9.15 Å². The Morgan fingerprint density at radius 1 is 1.38 bits per heavy atom. The summed E-state index contributed by atoms with van der Waals surface area (Å²) >= 11 is 3.40. The van der Waals surface area contributed by atoms with E-state index in [1.807, 2.05) is 25.1 Å². The highest BCUT2D eigenvalue weighted by molar-refractivity contribution is 9.10. The second-order valence-corrected chi connectivity index (χ2v) is 4.11. The molecule has 4 nitrogen and oxygen atoms in total. The van der Waals surface area contributed by atoms with E-state index < -0.39 is 0 Å². The van der Waals surface area contributed by atoms with Crippen molar-refractivity contribution in [3.63, 3.8) is 0 Å². The van der Waals surface area contributed by atoms with E-state index in [2.05, 4.69) is 26.1 Å². The quantitative estimate of drug-likeness (QED) is 0.868. The van der Waals surface area contributed by atoms with Gasteiger partial charge in [0.2, 0.25) is 5.89 Å². The minimum atomic E-state index is 0.481. The molecule has 0 spiro atoms. The second-order valence-electron chi connectivity index (χ2n) is 3.20. The van der Waals surface area contributed by atoms with Gasteiger partial charge in [0.1, 0.15) is 5.75 Å². The summed E-state index contributed by atoms with van der Waals surface area (Å²) < 4.78 is 11.7. The average Bonchev–Trinajstić information content (AvgIpc) is 2.77. The van der Waals surface area contributed by atoms with E-state index in [0.717, 1.165) is 22.2 Å². The molecule has 2 rings (SSSR count). The van der Waals surface area contributed by atoms with Crippen LogP contribution in [0, 0.1) is 0 Å². The molecule has 0 aliphatic rings. The van der Waals surface area contributed by atoms with E-state index in [4.69, 9.17) is 9.15 Å². The van der Waals surface area contributed by atoms with Crippen molar-refractivity contribution in [3.05, 3.63) is 28.6 Å². The lowest BCUT2D eigenvalue weighted by atomic mass is 10.2. The molecule has 0 aliphatic heterocycles. The molecule has 0 atom stereocenters. The first kappa shape index (κ1) is 11.1. The van der Waals surface area contributed by atoms with Crippen LogP contribution in [-0.4, -0.2) is 17.3 Å². The van der Waals surface area contributed by atoms with Crippen molar-refractivity contribution in [2.24, 2.45) is 0 Å². The van der Waals surface area contributed by atoms with Gasteiger partial charge in [-0.1, -0.05) is 22.9 Å². The number of ether oxygens (including phenoxy) is 1. The lowest BCUT2D eigenvalue weighted by Gasteiger charge is -2.04. The van der Waals surface area contributed by atoms with Gasteiger partial charge in [-0.3, -0.25) is 0 Å². The van der Waals surface area contributed by atoms with Gasteiger partial charge in [-0.25, -0.2) is 0 Å². The van der Waals surface area contributed by atoms with Crippen LogP contribution in [0.25, 0.3) is 11.5 Å². The molecule has 2 aromatic rings. The Morgan fingerprint density at radius 2 is 2.19 bits per heavy atom. The van der Waals surface area contributed by atoms with E-state index in [1.54, 1.807) is 7.11 Å². The van der Waals surface area contributed by atoms with Gasteiger partial charge in [0.15, 0.2) is 0 Å². The van der Waals surface area contributed by atoms with Gasteiger partial charge in [0, 0.05) is 10.9 Å². The van der Waals surface area contributed by atoms with Gasteiger partial charge in [0.05, 0.1) is 12.7 Å². The van der Waals surface area contributed by atoms with Crippen LogP contribution in [-0.2, 0) is 6.42 Å². The van der Waals surface area contributed by atoms with Crippen molar-refractivity contribution >= 4 is 15.9 Å². The number of halogens is 1. The summed E-state index contributed by atoms with van der Waals surface area (Å²) in [6.45, 7) is 1.97. The zero-order valence-corrected chi connectivity index (χ0v) is 10.6. The zero-order valence-electron chi connectivity index (χ0n) is 9.03. The van der Waals surface area contributed by atoms with Crippen LogP contribution in [0.15, 0.2) is 27.1 Å². The van der Waals surface area contributed by atoms with E-state index in [0.29, 0.717) is 11.8 Å². The Labute approximate surface area is 102 Å². The fraction of sp³-hybridized carbons (Fsp3) is 0.273.